The zero-order valence-corrected chi connectivity index (χ0v) is 11.3. The maximum Gasteiger partial charge on any atom is 0.117 e. The van der Waals surface area contributed by atoms with Crippen LogP contribution in [-0.4, -0.2) is 15.0 Å². The van der Waals surface area contributed by atoms with Gasteiger partial charge >= 0.3 is 0 Å². The molecule has 5 heteroatoms. The Bertz CT molecular complexity index is 659. The zero-order chi connectivity index (χ0) is 13.8. The molecule has 0 spiro atoms. The fourth-order valence-electron chi connectivity index (χ4n) is 2.10. The van der Waals surface area contributed by atoms with Gasteiger partial charge in [-0.1, -0.05) is 30.3 Å². The number of furan rings is 1. The topological polar surface area (TPSA) is 55.9 Å². The SMILES string of the molecule is Cn1nc(CNCc2ccco2)c(-c2ccccc2)n1. The van der Waals surface area contributed by atoms with Gasteiger partial charge in [-0.05, 0) is 12.1 Å². The molecule has 2 heterocycles. The number of benzene rings is 1. The number of aryl methyl sites for hydroxylation is 1. The Morgan fingerprint density at radius 3 is 2.65 bits per heavy atom. The third-order valence-electron chi connectivity index (χ3n) is 3.00. The maximum absolute atomic E-state index is 5.29. The molecule has 3 aromatic rings. The molecule has 20 heavy (non-hydrogen) atoms. The highest BCUT2D eigenvalue weighted by Crippen LogP contribution is 2.19. The van der Waals surface area contributed by atoms with Crippen molar-refractivity contribution in [3.8, 4) is 11.3 Å². The molecule has 5 nitrogen and oxygen atoms in total. The maximum atomic E-state index is 5.29. The van der Waals surface area contributed by atoms with Gasteiger partial charge in [0.25, 0.3) is 0 Å². The monoisotopic (exact) mass is 268 g/mol. The van der Waals surface area contributed by atoms with Gasteiger partial charge in [0.1, 0.15) is 17.1 Å². The first kappa shape index (κ1) is 12.6. The van der Waals surface area contributed by atoms with E-state index in [0.717, 1.165) is 22.7 Å². The molecule has 0 aliphatic carbocycles. The van der Waals surface area contributed by atoms with Crippen LogP contribution in [0.3, 0.4) is 0 Å². The van der Waals surface area contributed by atoms with Crippen LogP contribution in [0, 0.1) is 0 Å². The summed E-state index contributed by atoms with van der Waals surface area (Å²) in [5.41, 5.74) is 2.93. The van der Waals surface area contributed by atoms with E-state index >= 15 is 0 Å². The van der Waals surface area contributed by atoms with Crippen LogP contribution in [0.4, 0.5) is 0 Å². The molecule has 1 aromatic carbocycles. The van der Waals surface area contributed by atoms with Crippen LogP contribution in [0.15, 0.2) is 53.1 Å². The van der Waals surface area contributed by atoms with Crippen molar-refractivity contribution in [3.05, 3.63) is 60.2 Å². The minimum atomic E-state index is 0.652. The zero-order valence-electron chi connectivity index (χ0n) is 11.3. The van der Waals surface area contributed by atoms with Gasteiger partial charge in [0.2, 0.25) is 0 Å². The number of aromatic nitrogens is 3. The highest BCUT2D eigenvalue weighted by Gasteiger charge is 2.11. The third kappa shape index (κ3) is 2.78. The molecule has 0 atom stereocenters. The summed E-state index contributed by atoms with van der Waals surface area (Å²) in [6.07, 6.45) is 1.68. The smallest absolute Gasteiger partial charge is 0.117 e. The van der Waals surface area contributed by atoms with Crippen LogP contribution in [0.5, 0.6) is 0 Å². The quantitative estimate of drug-likeness (QED) is 0.772. The van der Waals surface area contributed by atoms with Gasteiger partial charge in [0.15, 0.2) is 0 Å². The van der Waals surface area contributed by atoms with Crippen molar-refractivity contribution in [2.75, 3.05) is 0 Å². The number of hydrogen-bond acceptors (Lipinski definition) is 4. The Kier molecular flexibility index (Phi) is 3.60. The van der Waals surface area contributed by atoms with Crippen LogP contribution in [0.1, 0.15) is 11.5 Å². The first-order valence-electron chi connectivity index (χ1n) is 6.51. The van der Waals surface area contributed by atoms with Gasteiger partial charge in [0, 0.05) is 19.2 Å². The van der Waals surface area contributed by atoms with Crippen LogP contribution >= 0.6 is 0 Å². The standard InChI is InChI=1S/C15H16N4O/c1-19-17-14(11-16-10-13-8-5-9-20-13)15(18-19)12-6-3-2-4-7-12/h2-9,16H,10-11H2,1H3. The van der Waals surface area contributed by atoms with E-state index < -0.39 is 0 Å². The van der Waals surface area contributed by atoms with Gasteiger partial charge in [-0.3, -0.25) is 0 Å². The van der Waals surface area contributed by atoms with E-state index in [0.29, 0.717) is 13.1 Å². The van der Waals surface area contributed by atoms with Crippen LogP contribution < -0.4 is 5.32 Å². The van der Waals surface area contributed by atoms with E-state index in [9.17, 15) is 0 Å². The summed E-state index contributed by atoms with van der Waals surface area (Å²) in [6.45, 7) is 1.33. The Hall–Kier alpha value is -2.40. The van der Waals surface area contributed by atoms with E-state index in [4.69, 9.17) is 4.42 Å². The molecule has 0 aliphatic heterocycles. The Labute approximate surface area is 117 Å². The average molecular weight is 268 g/mol. The molecule has 0 saturated heterocycles. The molecule has 0 aliphatic rings. The Balaban J connectivity index is 1.73. The highest BCUT2D eigenvalue weighted by atomic mass is 16.3. The second-order valence-electron chi connectivity index (χ2n) is 4.53. The molecule has 2 aromatic heterocycles. The van der Waals surface area contributed by atoms with Crippen LogP contribution in [0.2, 0.25) is 0 Å². The third-order valence-corrected chi connectivity index (χ3v) is 3.00. The largest absolute Gasteiger partial charge is 0.468 e. The van der Waals surface area contributed by atoms with Crippen molar-refractivity contribution in [1.82, 2.24) is 20.3 Å². The molecule has 0 radical (unpaired) electrons. The lowest BCUT2D eigenvalue weighted by molar-refractivity contribution is 0.481. The van der Waals surface area contributed by atoms with E-state index in [1.165, 1.54) is 0 Å². The summed E-state index contributed by atoms with van der Waals surface area (Å²) in [4.78, 5) is 1.60. The summed E-state index contributed by atoms with van der Waals surface area (Å²) in [7, 11) is 1.84. The predicted octanol–water partition coefficient (Wildman–Crippen LogP) is 2.36. The summed E-state index contributed by atoms with van der Waals surface area (Å²) >= 11 is 0. The molecule has 0 unspecified atom stereocenters. The number of rotatable bonds is 5. The molecular weight excluding hydrogens is 252 g/mol. The van der Waals surface area contributed by atoms with E-state index in [1.807, 2.05) is 49.5 Å². The summed E-state index contributed by atoms with van der Waals surface area (Å²) in [5.74, 6) is 0.912. The van der Waals surface area contributed by atoms with Gasteiger partial charge < -0.3 is 9.73 Å². The molecule has 0 fully saturated rings. The van der Waals surface area contributed by atoms with E-state index in [2.05, 4.69) is 15.5 Å². The van der Waals surface area contributed by atoms with Crippen molar-refractivity contribution in [2.45, 2.75) is 13.1 Å². The molecule has 0 amide bonds. The first-order chi connectivity index (χ1) is 9.83. The van der Waals surface area contributed by atoms with Crippen molar-refractivity contribution in [1.29, 1.82) is 0 Å². The second kappa shape index (κ2) is 5.71. The van der Waals surface area contributed by atoms with Crippen LogP contribution in [-0.2, 0) is 20.1 Å². The summed E-state index contributed by atoms with van der Waals surface area (Å²) in [6, 6.07) is 13.9. The molecule has 0 saturated carbocycles. The lowest BCUT2D eigenvalue weighted by Gasteiger charge is -2.02. The van der Waals surface area contributed by atoms with E-state index in [-0.39, 0.29) is 0 Å². The van der Waals surface area contributed by atoms with Gasteiger partial charge in [-0.25, -0.2) is 0 Å². The Morgan fingerprint density at radius 1 is 1.05 bits per heavy atom. The van der Waals surface area contributed by atoms with Crippen molar-refractivity contribution >= 4 is 0 Å². The fraction of sp³-hybridized carbons (Fsp3) is 0.200. The minimum Gasteiger partial charge on any atom is -0.468 e. The van der Waals surface area contributed by atoms with E-state index in [1.54, 1.807) is 11.1 Å². The number of nitrogens with zero attached hydrogens (tertiary/aromatic N) is 3. The fourth-order valence-corrected chi connectivity index (χ4v) is 2.10. The highest BCUT2D eigenvalue weighted by molar-refractivity contribution is 5.60. The number of nitrogens with one attached hydrogen (secondary N) is 1. The molecule has 1 N–H and O–H groups in total. The first-order valence-corrected chi connectivity index (χ1v) is 6.51. The Morgan fingerprint density at radius 2 is 1.90 bits per heavy atom. The minimum absolute atomic E-state index is 0.652. The molecule has 102 valence electrons. The molecular formula is C15H16N4O. The molecule has 0 bridgehead atoms. The van der Waals surface area contributed by atoms with Crippen LogP contribution in [0.25, 0.3) is 11.3 Å². The lowest BCUT2D eigenvalue weighted by Crippen LogP contribution is -2.13. The number of hydrogen-bond donors (Lipinski definition) is 1. The van der Waals surface area contributed by atoms with Gasteiger partial charge in [-0.15, -0.1) is 0 Å². The summed E-state index contributed by atoms with van der Waals surface area (Å²) in [5, 5.41) is 12.2. The van der Waals surface area contributed by atoms with Crippen molar-refractivity contribution in [3.63, 3.8) is 0 Å². The van der Waals surface area contributed by atoms with Crippen molar-refractivity contribution < 1.29 is 4.42 Å². The molecule has 3 rings (SSSR count). The van der Waals surface area contributed by atoms with Crippen molar-refractivity contribution in [2.24, 2.45) is 7.05 Å². The normalized spacial score (nSPS) is 10.8. The van der Waals surface area contributed by atoms with Gasteiger partial charge in [0.05, 0.1) is 12.8 Å². The predicted molar refractivity (Wildman–Crippen MR) is 75.7 cm³/mol. The summed E-state index contributed by atoms with van der Waals surface area (Å²) < 4.78 is 5.29. The van der Waals surface area contributed by atoms with Gasteiger partial charge in [-0.2, -0.15) is 15.0 Å². The second-order valence-corrected chi connectivity index (χ2v) is 4.53. The average Bonchev–Trinajstić information content (AvgIpc) is 3.10. The lowest BCUT2D eigenvalue weighted by atomic mass is 10.1.